The molecule has 2 fully saturated rings. The Morgan fingerprint density at radius 1 is 1.05 bits per heavy atom. The van der Waals surface area contributed by atoms with Crippen molar-refractivity contribution in [1.82, 2.24) is 14.7 Å². The molecule has 11 heteroatoms. The number of hydrogen-bond acceptors (Lipinski definition) is 3. The largest absolute Gasteiger partial charge is 0.416 e. The van der Waals surface area contributed by atoms with E-state index >= 15 is 0 Å². The van der Waals surface area contributed by atoms with Crippen LogP contribution >= 0.6 is 23.2 Å². The molecule has 2 aromatic rings. The van der Waals surface area contributed by atoms with Crippen LogP contribution in [0.1, 0.15) is 42.6 Å². The first-order valence-electron chi connectivity index (χ1n) is 14.2. The van der Waals surface area contributed by atoms with E-state index in [0.717, 1.165) is 25.0 Å². The van der Waals surface area contributed by atoms with Gasteiger partial charge in [-0.05, 0) is 72.6 Å². The standard InChI is InChI=1S/C31H35Cl2F3N4O2/c1-30(2)22-4-3-20(26(30)17-22)19-40(29(42)37-24-8-5-21(6-9-24)31(34,35)36)16-13-38-11-14-39(15-12-38)28(41)25-10-7-23(32)18-27(25)33/h3,5-10,18,22,26H,4,11-17,19H2,1-2H3,(H,37,42). The number of allylic oxidation sites excluding steroid dienone is 1. The van der Waals surface area contributed by atoms with E-state index in [-0.39, 0.29) is 17.4 Å². The van der Waals surface area contributed by atoms with E-state index in [9.17, 15) is 22.8 Å². The van der Waals surface area contributed by atoms with E-state index in [0.29, 0.717) is 78.9 Å². The van der Waals surface area contributed by atoms with E-state index in [2.05, 4.69) is 30.1 Å². The Morgan fingerprint density at radius 2 is 1.74 bits per heavy atom. The fourth-order valence-corrected chi connectivity index (χ4v) is 6.83. The van der Waals surface area contributed by atoms with Gasteiger partial charge in [-0.25, -0.2) is 4.79 Å². The third-order valence-corrected chi connectivity index (χ3v) is 9.76. The van der Waals surface area contributed by atoms with Crippen molar-refractivity contribution in [2.45, 2.75) is 32.9 Å². The summed E-state index contributed by atoms with van der Waals surface area (Å²) in [4.78, 5) is 32.2. The van der Waals surface area contributed by atoms with Crippen molar-refractivity contribution in [3.8, 4) is 0 Å². The number of anilines is 1. The summed E-state index contributed by atoms with van der Waals surface area (Å²) in [5, 5.41) is 3.59. The molecule has 226 valence electrons. The summed E-state index contributed by atoms with van der Waals surface area (Å²) in [7, 11) is 0. The Labute approximate surface area is 254 Å². The number of fused-ring (bicyclic) bond motifs is 1. The number of rotatable bonds is 7. The summed E-state index contributed by atoms with van der Waals surface area (Å²) in [5.74, 6) is 0.953. The number of benzene rings is 2. The quantitative estimate of drug-likeness (QED) is 0.330. The summed E-state index contributed by atoms with van der Waals surface area (Å²) in [6.07, 6.45) is -0.0540. The Hall–Kier alpha value is -2.75. The van der Waals surface area contributed by atoms with Crippen molar-refractivity contribution >= 4 is 40.8 Å². The van der Waals surface area contributed by atoms with Crippen LogP contribution in [-0.2, 0) is 6.18 Å². The van der Waals surface area contributed by atoms with Crippen LogP contribution in [0.5, 0.6) is 0 Å². The Morgan fingerprint density at radius 3 is 2.33 bits per heavy atom. The molecule has 1 aliphatic heterocycles. The van der Waals surface area contributed by atoms with Crippen LogP contribution in [0, 0.1) is 17.3 Å². The molecule has 4 aliphatic rings. The highest BCUT2D eigenvalue weighted by atomic mass is 35.5. The van der Waals surface area contributed by atoms with Crippen LogP contribution in [-0.4, -0.2) is 72.5 Å². The normalized spacial score (nSPS) is 21.8. The van der Waals surface area contributed by atoms with Crippen molar-refractivity contribution in [1.29, 1.82) is 0 Å². The molecular formula is C31H35Cl2F3N4O2. The smallest absolute Gasteiger partial charge is 0.336 e. The second-order valence-corrected chi connectivity index (χ2v) is 12.8. The number of amides is 3. The molecule has 0 aromatic heterocycles. The van der Waals surface area contributed by atoms with Gasteiger partial charge in [0.15, 0.2) is 0 Å². The van der Waals surface area contributed by atoms with Gasteiger partial charge in [0.05, 0.1) is 16.1 Å². The number of carbonyl (C=O) groups excluding carboxylic acids is 2. The number of alkyl halides is 3. The molecule has 1 saturated heterocycles. The molecule has 2 bridgehead atoms. The lowest BCUT2D eigenvalue weighted by molar-refractivity contribution is -0.137. The topological polar surface area (TPSA) is 55.9 Å². The number of nitrogens with one attached hydrogen (secondary N) is 1. The zero-order valence-corrected chi connectivity index (χ0v) is 25.2. The highest BCUT2D eigenvalue weighted by Crippen LogP contribution is 2.59. The fraction of sp³-hybridized carbons (Fsp3) is 0.484. The molecule has 1 heterocycles. The van der Waals surface area contributed by atoms with Gasteiger partial charge in [0, 0.05) is 56.5 Å². The van der Waals surface area contributed by atoms with Crippen molar-refractivity contribution in [2.24, 2.45) is 17.3 Å². The average molecular weight is 624 g/mol. The average Bonchev–Trinajstić information content (AvgIpc) is 2.95. The first-order chi connectivity index (χ1) is 19.8. The molecule has 6 rings (SSSR count). The molecule has 3 aliphatic carbocycles. The monoisotopic (exact) mass is 622 g/mol. The van der Waals surface area contributed by atoms with E-state index in [1.165, 1.54) is 17.7 Å². The van der Waals surface area contributed by atoms with Gasteiger partial charge in [0.1, 0.15) is 0 Å². The van der Waals surface area contributed by atoms with E-state index in [1.807, 2.05) is 0 Å². The van der Waals surface area contributed by atoms with Crippen molar-refractivity contribution in [3.63, 3.8) is 0 Å². The fourth-order valence-electron chi connectivity index (χ4n) is 6.34. The van der Waals surface area contributed by atoms with Gasteiger partial charge in [-0.1, -0.05) is 48.7 Å². The van der Waals surface area contributed by atoms with Crippen molar-refractivity contribution in [2.75, 3.05) is 51.1 Å². The predicted octanol–water partition coefficient (Wildman–Crippen LogP) is 7.30. The Balaban J connectivity index is 1.21. The first-order valence-corrected chi connectivity index (χ1v) is 15.0. The minimum Gasteiger partial charge on any atom is -0.336 e. The first kappa shape index (κ1) is 30.7. The van der Waals surface area contributed by atoms with Gasteiger partial charge in [0.2, 0.25) is 0 Å². The van der Waals surface area contributed by atoms with Crippen molar-refractivity contribution in [3.05, 3.63) is 75.3 Å². The lowest BCUT2D eigenvalue weighted by atomic mass is 9.49. The molecule has 42 heavy (non-hydrogen) atoms. The van der Waals surface area contributed by atoms with Gasteiger partial charge < -0.3 is 15.1 Å². The number of urea groups is 1. The Kier molecular flexibility index (Phi) is 8.84. The molecule has 2 aromatic carbocycles. The van der Waals surface area contributed by atoms with Crippen LogP contribution in [0.3, 0.4) is 0 Å². The van der Waals surface area contributed by atoms with E-state index in [1.54, 1.807) is 28.0 Å². The van der Waals surface area contributed by atoms with Crippen LogP contribution < -0.4 is 5.32 Å². The lowest BCUT2D eigenvalue weighted by Crippen LogP contribution is -2.52. The van der Waals surface area contributed by atoms with Gasteiger partial charge in [0.25, 0.3) is 5.91 Å². The Bertz CT molecular complexity index is 1350. The highest BCUT2D eigenvalue weighted by molar-refractivity contribution is 6.36. The number of hydrogen-bond donors (Lipinski definition) is 1. The highest BCUT2D eigenvalue weighted by Gasteiger charge is 2.51. The maximum Gasteiger partial charge on any atom is 0.416 e. The van der Waals surface area contributed by atoms with Gasteiger partial charge in [-0.2, -0.15) is 13.2 Å². The number of nitrogens with zero attached hydrogens (tertiary/aromatic N) is 3. The lowest BCUT2D eigenvalue weighted by Gasteiger charge is -2.57. The van der Waals surface area contributed by atoms with E-state index in [4.69, 9.17) is 23.2 Å². The van der Waals surface area contributed by atoms with Crippen LogP contribution in [0.25, 0.3) is 0 Å². The van der Waals surface area contributed by atoms with Gasteiger partial charge >= 0.3 is 12.2 Å². The second-order valence-electron chi connectivity index (χ2n) is 12.0. The molecule has 1 saturated carbocycles. The summed E-state index contributed by atoms with van der Waals surface area (Å²) < 4.78 is 39.0. The summed E-state index contributed by atoms with van der Waals surface area (Å²) >= 11 is 12.2. The molecule has 6 nitrogen and oxygen atoms in total. The SMILES string of the molecule is CC1(C)C2CC=C(CN(CCN3CCN(C(=O)c4ccc(Cl)cc4Cl)CC3)C(=O)Nc3ccc(C(F)(F)F)cc3)C1C2. The minimum absolute atomic E-state index is 0.139. The van der Waals surface area contributed by atoms with Crippen LogP contribution in [0.4, 0.5) is 23.7 Å². The maximum atomic E-state index is 13.4. The molecule has 2 atom stereocenters. The van der Waals surface area contributed by atoms with Crippen molar-refractivity contribution < 1.29 is 22.8 Å². The van der Waals surface area contributed by atoms with Crippen LogP contribution in [0.15, 0.2) is 54.1 Å². The maximum absolute atomic E-state index is 13.4. The molecule has 2 unspecified atom stereocenters. The third kappa shape index (κ3) is 6.58. The summed E-state index contributed by atoms with van der Waals surface area (Å²) in [6, 6.07) is 9.00. The predicted molar refractivity (Wildman–Crippen MR) is 159 cm³/mol. The van der Waals surface area contributed by atoms with Crippen LogP contribution in [0.2, 0.25) is 10.0 Å². The summed E-state index contributed by atoms with van der Waals surface area (Å²) in [5.41, 5.74) is 1.42. The molecule has 0 spiro atoms. The number of piperazine rings is 1. The zero-order valence-electron chi connectivity index (χ0n) is 23.7. The minimum atomic E-state index is -4.44. The molecule has 3 amide bonds. The molecule has 0 radical (unpaired) electrons. The number of carbonyl (C=O) groups is 2. The number of halogens is 5. The molecule has 1 N–H and O–H groups in total. The third-order valence-electron chi connectivity index (χ3n) is 9.21. The van der Waals surface area contributed by atoms with Gasteiger partial charge in [-0.15, -0.1) is 0 Å². The molecular weight excluding hydrogens is 588 g/mol. The van der Waals surface area contributed by atoms with E-state index < -0.39 is 11.7 Å². The summed E-state index contributed by atoms with van der Waals surface area (Å²) in [6.45, 7) is 8.42. The second kappa shape index (κ2) is 12.1. The van der Waals surface area contributed by atoms with Gasteiger partial charge in [-0.3, -0.25) is 9.69 Å². The zero-order chi connectivity index (χ0) is 30.2.